The fraction of sp³-hybridized carbons (Fsp3) is 0.400. The van der Waals surface area contributed by atoms with Crippen LogP contribution < -0.4 is 16.9 Å². The zero-order valence-corrected chi connectivity index (χ0v) is 14.6. The minimum absolute atomic E-state index is 0. The molecule has 0 atom stereocenters. The first-order valence-electron chi connectivity index (χ1n) is 8.32. The Balaban J connectivity index is 0.00000242. The zero-order chi connectivity index (χ0) is 15.0. The number of quaternary nitrogens is 1. The lowest BCUT2D eigenvalue weighted by atomic mass is 10.1. The summed E-state index contributed by atoms with van der Waals surface area (Å²) in [6.07, 6.45) is 5.25. The molecule has 2 rings (SSSR count). The second-order valence-corrected chi connectivity index (χ2v) is 5.74. The van der Waals surface area contributed by atoms with Gasteiger partial charge in [0.15, 0.2) is 0 Å². The molecule has 0 aliphatic rings. The molecule has 2 aromatic rings. The third-order valence-electron chi connectivity index (χ3n) is 4.43. The third kappa shape index (κ3) is 4.34. The predicted molar refractivity (Wildman–Crippen MR) is 93.9 cm³/mol. The Morgan fingerprint density at radius 2 is 1.18 bits per heavy atom. The first kappa shape index (κ1) is 18.7. The minimum atomic E-state index is 0. The van der Waals surface area contributed by atoms with E-state index in [1.54, 1.807) is 0 Å². The van der Waals surface area contributed by atoms with Crippen molar-refractivity contribution >= 4 is 11.4 Å². The van der Waals surface area contributed by atoms with Gasteiger partial charge in [0.25, 0.3) is 0 Å². The molecule has 0 radical (unpaired) electrons. The number of para-hydroxylation sites is 2. The van der Waals surface area contributed by atoms with Gasteiger partial charge in [-0.25, -0.2) is 0 Å². The highest BCUT2D eigenvalue weighted by Gasteiger charge is 2.30. The molecule has 2 aromatic carbocycles. The molecule has 0 amide bonds. The molecule has 0 unspecified atom stereocenters. The lowest BCUT2D eigenvalue weighted by Crippen LogP contribution is -3.00. The molecule has 0 saturated heterocycles. The summed E-state index contributed by atoms with van der Waals surface area (Å²) in [5.74, 6) is 0. The van der Waals surface area contributed by atoms with Crippen LogP contribution in [0.3, 0.4) is 0 Å². The Labute approximate surface area is 142 Å². The van der Waals surface area contributed by atoms with Gasteiger partial charge >= 0.3 is 0 Å². The smallest absolute Gasteiger partial charge is 0.137 e. The summed E-state index contributed by atoms with van der Waals surface area (Å²) in [7, 11) is 0. The Bertz CT molecular complexity index is 470. The van der Waals surface area contributed by atoms with E-state index in [2.05, 4.69) is 74.5 Å². The van der Waals surface area contributed by atoms with Crippen LogP contribution in [-0.4, -0.2) is 13.1 Å². The summed E-state index contributed by atoms with van der Waals surface area (Å²) >= 11 is 0. The molecule has 22 heavy (non-hydrogen) atoms. The first-order valence-corrected chi connectivity index (χ1v) is 8.32. The average molecular weight is 318 g/mol. The average Bonchev–Trinajstić information content (AvgIpc) is 2.57. The van der Waals surface area contributed by atoms with Crippen molar-refractivity contribution in [1.29, 1.82) is 0 Å². The molecule has 0 aliphatic carbocycles. The van der Waals surface area contributed by atoms with Crippen LogP contribution in [0.1, 0.15) is 39.5 Å². The van der Waals surface area contributed by atoms with Gasteiger partial charge in [-0.1, -0.05) is 56.2 Å². The van der Waals surface area contributed by atoms with Crippen LogP contribution in [0.4, 0.5) is 11.4 Å². The van der Waals surface area contributed by atoms with Gasteiger partial charge in [0.2, 0.25) is 0 Å². The lowest BCUT2D eigenvalue weighted by Gasteiger charge is -2.37. The van der Waals surface area contributed by atoms with Gasteiger partial charge in [-0.3, -0.25) is 4.48 Å². The molecule has 0 fully saturated rings. The van der Waals surface area contributed by atoms with Crippen molar-refractivity contribution in [2.75, 3.05) is 13.1 Å². The van der Waals surface area contributed by atoms with Crippen LogP contribution in [0.25, 0.3) is 0 Å². The van der Waals surface area contributed by atoms with Gasteiger partial charge in [0.1, 0.15) is 11.4 Å². The van der Waals surface area contributed by atoms with E-state index in [4.69, 9.17) is 0 Å². The highest BCUT2D eigenvalue weighted by atomic mass is 35.5. The van der Waals surface area contributed by atoms with E-state index < -0.39 is 0 Å². The summed E-state index contributed by atoms with van der Waals surface area (Å²) in [4.78, 5) is 0. The molecule has 0 bridgehead atoms. The van der Waals surface area contributed by atoms with Crippen molar-refractivity contribution in [2.45, 2.75) is 39.5 Å². The molecule has 0 saturated carbocycles. The maximum absolute atomic E-state index is 2.31. The summed E-state index contributed by atoms with van der Waals surface area (Å²) in [5, 5.41) is 0. The van der Waals surface area contributed by atoms with E-state index in [9.17, 15) is 0 Å². The van der Waals surface area contributed by atoms with Crippen LogP contribution >= 0.6 is 0 Å². The molecule has 0 aliphatic heterocycles. The Hall–Kier alpha value is -1.31. The van der Waals surface area contributed by atoms with Crippen molar-refractivity contribution in [3.63, 3.8) is 0 Å². The molecule has 0 spiro atoms. The minimum Gasteiger partial charge on any atom is -1.00 e. The summed E-state index contributed by atoms with van der Waals surface area (Å²) < 4.78 is 0.964. The number of hydrogen-bond donors (Lipinski definition) is 0. The van der Waals surface area contributed by atoms with Gasteiger partial charge in [-0.05, 0) is 44.0 Å². The number of hydrogen-bond acceptors (Lipinski definition) is 0. The van der Waals surface area contributed by atoms with Gasteiger partial charge < -0.3 is 12.4 Å². The van der Waals surface area contributed by atoms with E-state index >= 15 is 0 Å². The highest BCUT2D eigenvalue weighted by Crippen LogP contribution is 2.34. The number of rotatable bonds is 8. The zero-order valence-electron chi connectivity index (χ0n) is 13.8. The highest BCUT2D eigenvalue weighted by molar-refractivity contribution is 5.58. The molecule has 0 aromatic heterocycles. The van der Waals surface area contributed by atoms with Crippen LogP contribution in [0.15, 0.2) is 60.7 Å². The van der Waals surface area contributed by atoms with Crippen LogP contribution in [0.5, 0.6) is 0 Å². The van der Waals surface area contributed by atoms with Crippen molar-refractivity contribution < 1.29 is 12.4 Å². The molecule has 0 N–H and O–H groups in total. The maximum atomic E-state index is 2.31. The summed E-state index contributed by atoms with van der Waals surface area (Å²) in [5.41, 5.74) is 2.81. The van der Waals surface area contributed by atoms with E-state index in [0.717, 1.165) is 11.0 Å². The fourth-order valence-corrected chi connectivity index (χ4v) is 3.17. The molecule has 120 valence electrons. The first-order chi connectivity index (χ1) is 10.3. The predicted octanol–water partition coefficient (Wildman–Crippen LogP) is 2.93. The summed E-state index contributed by atoms with van der Waals surface area (Å²) in [6, 6.07) is 21.9. The van der Waals surface area contributed by atoms with Crippen LogP contribution in [0.2, 0.25) is 0 Å². The molecular formula is C20H28ClN. The number of halogens is 1. The van der Waals surface area contributed by atoms with Gasteiger partial charge in [0.05, 0.1) is 13.1 Å². The second kappa shape index (κ2) is 9.66. The Morgan fingerprint density at radius 1 is 0.682 bits per heavy atom. The molecular weight excluding hydrogens is 290 g/mol. The standard InChI is InChI=1S/C20H28N.ClH/c1-3-5-6-13-18-21(4-2,19-14-9-7-10-15-19)20-16-11-8-12-17-20;/h7-12,14-17H,3-6,13,18H2,1-2H3;1H/q+1;/p-1. The van der Waals surface area contributed by atoms with Gasteiger partial charge in [-0.2, -0.15) is 0 Å². The van der Waals surface area contributed by atoms with E-state index in [0.29, 0.717) is 0 Å². The third-order valence-corrected chi connectivity index (χ3v) is 4.43. The maximum Gasteiger partial charge on any atom is 0.137 e. The fourth-order valence-electron chi connectivity index (χ4n) is 3.17. The van der Waals surface area contributed by atoms with Crippen molar-refractivity contribution in [1.82, 2.24) is 4.48 Å². The topological polar surface area (TPSA) is 0 Å². The van der Waals surface area contributed by atoms with Gasteiger partial charge in [0, 0.05) is 0 Å². The number of nitrogens with zero attached hydrogens (tertiary/aromatic N) is 1. The Kier molecular flexibility index (Phi) is 8.22. The van der Waals surface area contributed by atoms with Crippen molar-refractivity contribution in [3.05, 3.63) is 60.7 Å². The molecule has 1 nitrogen and oxygen atoms in total. The lowest BCUT2D eigenvalue weighted by molar-refractivity contribution is -0.00000438. The number of unbranched alkanes of at least 4 members (excludes halogenated alkanes) is 3. The van der Waals surface area contributed by atoms with Crippen LogP contribution in [0, 0.1) is 0 Å². The summed E-state index contributed by atoms with van der Waals surface area (Å²) in [6.45, 7) is 6.86. The largest absolute Gasteiger partial charge is 1.00 e. The normalized spacial score (nSPS) is 11.0. The van der Waals surface area contributed by atoms with Crippen molar-refractivity contribution in [2.24, 2.45) is 0 Å². The SMILES string of the molecule is CCCCCC[N+](CC)(c1ccccc1)c1ccccc1.[Cl-]. The second-order valence-electron chi connectivity index (χ2n) is 5.74. The van der Waals surface area contributed by atoms with Gasteiger partial charge in [-0.15, -0.1) is 0 Å². The molecule has 2 heteroatoms. The monoisotopic (exact) mass is 317 g/mol. The Morgan fingerprint density at radius 3 is 1.59 bits per heavy atom. The quantitative estimate of drug-likeness (QED) is 0.519. The van der Waals surface area contributed by atoms with E-state index in [1.165, 1.54) is 43.6 Å². The van der Waals surface area contributed by atoms with E-state index in [1.807, 2.05) is 0 Å². The number of benzene rings is 2. The van der Waals surface area contributed by atoms with Crippen LogP contribution in [-0.2, 0) is 0 Å². The molecule has 0 heterocycles. The van der Waals surface area contributed by atoms with Crippen molar-refractivity contribution in [3.8, 4) is 0 Å². The van der Waals surface area contributed by atoms with E-state index in [-0.39, 0.29) is 12.4 Å².